The molecule has 0 radical (unpaired) electrons. The Bertz CT molecular complexity index is 250. The molecule has 0 saturated heterocycles. The predicted molar refractivity (Wildman–Crippen MR) is 64.5 cm³/mol. The van der Waals surface area contributed by atoms with Gasteiger partial charge in [-0.3, -0.25) is 9.59 Å². The molecule has 2 amide bonds. The van der Waals surface area contributed by atoms with Crippen LogP contribution in [0.25, 0.3) is 0 Å². The molecule has 0 unspecified atom stereocenters. The molecule has 0 heterocycles. The second-order valence-electron chi connectivity index (χ2n) is 4.47. The van der Waals surface area contributed by atoms with Crippen LogP contribution in [0.1, 0.15) is 32.1 Å². The van der Waals surface area contributed by atoms with E-state index in [1.165, 1.54) is 12.8 Å². The first kappa shape index (κ1) is 14.0. The van der Waals surface area contributed by atoms with Gasteiger partial charge >= 0.3 is 0 Å². The molecule has 1 aliphatic carbocycles. The van der Waals surface area contributed by atoms with Gasteiger partial charge in [0, 0.05) is 20.1 Å². The molecule has 0 aromatic rings. The molecular weight excluding hydrogens is 220 g/mol. The van der Waals surface area contributed by atoms with Crippen LogP contribution in [0.15, 0.2) is 0 Å². The Labute approximate surface area is 102 Å². The van der Waals surface area contributed by atoms with Gasteiger partial charge in [0.15, 0.2) is 0 Å². The van der Waals surface area contributed by atoms with E-state index in [2.05, 4.69) is 10.6 Å². The number of methoxy groups -OCH3 is 1. The molecular formula is C12H22N2O3. The van der Waals surface area contributed by atoms with Crippen molar-refractivity contribution in [1.29, 1.82) is 0 Å². The van der Waals surface area contributed by atoms with Gasteiger partial charge in [0.1, 0.15) is 0 Å². The molecule has 0 bridgehead atoms. The summed E-state index contributed by atoms with van der Waals surface area (Å²) >= 11 is 0. The number of rotatable bonds is 7. The highest BCUT2D eigenvalue weighted by molar-refractivity contribution is 5.84. The minimum atomic E-state index is -0.165. The number of carbonyl (C=O) groups is 2. The average Bonchev–Trinajstić information content (AvgIpc) is 2.79. The first-order chi connectivity index (χ1) is 8.22. The monoisotopic (exact) mass is 242 g/mol. The van der Waals surface area contributed by atoms with Crippen LogP contribution in [0.2, 0.25) is 0 Å². The third kappa shape index (κ3) is 6.26. The second-order valence-corrected chi connectivity index (χ2v) is 4.47. The average molecular weight is 242 g/mol. The lowest BCUT2D eigenvalue weighted by Crippen LogP contribution is -2.38. The third-order valence-corrected chi connectivity index (χ3v) is 3.02. The number of carbonyl (C=O) groups excluding carboxylic acids is 2. The number of hydrogen-bond acceptors (Lipinski definition) is 3. The highest BCUT2D eigenvalue weighted by atomic mass is 16.5. The Morgan fingerprint density at radius 2 is 1.88 bits per heavy atom. The van der Waals surface area contributed by atoms with Gasteiger partial charge in [0.05, 0.1) is 13.2 Å². The van der Waals surface area contributed by atoms with Crippen molar-refractivity contribution in [2.45, 2.75) is 32.1 Å². The van der Waals surface area contributed by atoms with E-state index in [-0.39, 0.29) is 18.4 Å². The molecule has 1 rings (SSSR count). The van der Waals surface area contributed by atoms with E-state index in [1.54, 1.807) is 7.11 Å². The highest BCUT2D eigenvalue weighted by Gasteiger charge is 2.18. The maximum Gasteiger partial charge on any atom is 0.239 e. The summed E-state index contributed by atoms with van der Waals surface area (Å²) in [6.07, 6.45) is 5.32. The summed E-state index contributed by atoms with van der Waals surface area (Å²) < 4.78 is 4.80. The van der Waals surface area contributed by atoms with E-state index in [0.29, 0.717) is 25.5 Å². The van der Waals surface area contributed by atoms with Crippen LogP contribution in [0.5, 0.6) is 0 Å². The van der Waals surface area contributed by atoms with Crippen LogP contribution in [0.3, 0.4) is 0 Å². The van der Waals surface area contributed by atoms with E-state index in [4.69, 9.17) is 4.74 Å². The molecule has 0 atom stereocenters. The van der Waals surface area contributed by atoms with Crippen molar-refractivity contribution >= 4 is 11.8 Å². The van der Waals surface area contributed by atoms with Gasteiger partial charge in [-0.15, -0.1) is 0 Å². The zero-order valence-corrected chi connectivity index (χ0v) is 10.5. The van der Waals surface area contributed by atoms with E-state index < -0.39 is 0 Å². The van der Waals surface area contributed by atoms with Gasteiger partial charge in [0.2, 0.25) is 11.8 Å². The largest absolute Gasteiger partial charge is 0.383 e. The molecule has 0 aliphatic heterocycles. The third-order valence-electron chi connectivity index (χ3n) is 3.02. The van der Waals surface area contributed by atoms with Crippen molar-refractivity contribution in [2.75, 3.05) is 26.8 Å². The molecule has 1 aliphatic rings. The van der Waals surface area contributed by atoms with Crippen molar-refractivity contribution < 1.29 is 14.3 Å². The van der Waals surface area contributed by atoms with Gasteiger partial charge in [0.25, 0.3) is 0 Å². The summed E-state index contributed by atoms with van der Waals surface area (Å²) in [5.74, 6) is 0.340. The minimum Gasteiger partial charge on any atom is -0.383 e. The predicted octanol–water partition coefficient (Wildman–Crippen LogP) is 0.445. The summed E-state index contributed by atoms with van der Waals surface area (Å²) in [6.45, 7) is 1.03. The van der Waals surface area contributed by atoms with Gasteiger partial charge in [-0.1, -0.05) is 12.8 Å². The van der Waals surface area contributed by atoms with Crippen molar-refractivity contribution in [3.63, 3.8) is 0 Å². The molecule has 98 valence electrons. The van der Waals surface area contributed by atoms with Crippen LogP contribution < -0.4 is 10.6 Å². The molecule has 5 nitrogen and oxygen atoms in total. The summed E-state index contributed by atoms with van der Waals surface area (Å²) in [5, 5.41) is 5.30. The first-order valence-corrected chi connectivity index (χ1v) is 6.24. The summed E-state index contributed by atoms with van der Waals surface area (Å²) in [6, 6.07) is 0. The smallest absolute Gasteiger partial charge is 0.239 e. The Balaban J connectivity index is 2.04. The molecule has 1 fully saturated rings. The van der Waals surface area contributed by atoms with E-state index in [0.717, 1.165) is 12.8 Å². The standard InChI is InChI=1S/C12H22N2O3/c1-17-7-6-13-12(16)9-14-11(15)8-10-4-2-3-5-10/h10H,2-9H2,1H3,(H,13,16)(H,14,15). The normalized spacial score (nSPS) is 15.8. The summed E-state index contributed by atoms with van der Waals surface area (Å²) in [4.78, 5) is 22.8. The number of amides is 2. The van der Waals surface area contributed by atoms with Gasteiger partial charge in [-0.2, -0.15) is 0 Å². The lowest BCUT2D eigenvalue weighted by Gasteiger charge is -2.09. The fourth-order valence-electron chi connectivity index (χ4n) is 2.08. The summed E-state index contributed by atoms with van der Waals surface area (Å²) in [7, 11) is 1.58. The fraction of sp³-hybridized carbons (Fsp3) is 0.833. The minimum absolute atomic E-state index is 0.0150. The number of nitrogens with one attached hydrogen (secondary N) is 2. The van der Waals surface area contributed by atoms with Crippen LogP contribution in [0.4, 0.5) is 0 Å². The molecule has 0 aromatic carbocycles. The Kier molecular flexibility index (Phi) is 6.62. The molecule has 2 N–H and O–H groups in total. The Hall–Kier alpha value is -1.10. The van der Waals surface area contributed by atoms with Crippen LogP contribution in [-0.4, -0.2) is 38.6 Å². The van der Waals surface area contributed by atoms with Gasteiger partial charge in [-0.05, 0) is 18.8 Å². The first-order valence-electron chi connectivity index (χ1n) is 6.24. The molecule has 5 heteroatoms. The quantitative estimate of drug-likeness (QED) is 0.637. The molecule has 1 saturated carbocycles. The second kappa shape index (κ2) is 8.06. The zero-order chi connectivity index (χ0) is 12.5. The van der Waals surface area contributed by atoms with Crippen molar-refractivity contribution in [3.05, 3.63) is 0 Å². The number of ether oxygens (including phenoxy) is 1. The van der Waals surface area contributed by atoms with Crippen molar-refractivity contribution in [2.24, 2.45) is 5.92 Å². The van der Waals surface area contributed by atoms with Crippen LogP contribution in [0, 0.1) is 5.92 Å². The topological polar surface area (TPSA) is 67.4 Å². The zero-order valence-electron chi connectivity index (χ0n) is 10.5. The number of hydrogen-bond donors (Lipinski definition) is 2. The molecule has 0 spiro atoms. The van der Waals surface area contributed by atoms with E-state index in [9.17, 15) is 9.59 Å². The highest BCUT2D eigenvalue weighted by Crippen LogP contribution is 2.27. The van der Waals surface area contributed by atoms with Gasteiger partial charge < -0.3 is 15.4 Å². The van der Waals surface area contributed by atoms with Crippen molar-refractivity contribution in [1.82, 2.24) is 10.6 Å². The van der Waals surface area contributed by atoms with Crippen molar-refractivity contribution in [3.8, 4) is 0 Å². The lowest BCUT2D eigenvalue weighted by molar-refractivity contribution is -0.126. The van der Waals surface area contributed by atoms with E-state index in [1.807, 2.05) is 0 Å². The maximum absolute atomic E-state index is 11.5. The van der Waals surface area contributed by atoms with Crippen LogP contribution >= 0.6 is 0 Å². The van der Waals surface area contributed by atoms with E-state index >= 15 is 0 Å². The summed E-state index contributed by atoms with van der Waals surface area (Å²) in [5.41, 5.74) is 0. The molecule has 0 aromatic heterocycles. The SMILES string of the molecule is COCCNC(=O)CNC(=O)CC1CCCC1. The van der Waals surface area contributed by atoms with Gasteiger partial charge in [-0.25, -0.2) is 0 Å². The molecule has 17 heavy (non-hydrogen) atoms. The fourth-order valence-corrected chi connectivity index (χ4v) is 2.08. The lowest BCUT2D eigenvalue weighted by atomic mass is 10.0. The maximum atomic E-state index is 11.5. The Morgan fingerprint density at radius 3 is 2.53 bits per heavy atom. The van der Waals surface area contributed by atoms with Crippen LogP contribution in [-0.2, 0) is 14.3 Å². The Morgan fingerprint density at radius 1 is 1.18 bits per heavy atom.